The minimum absolute atomic E-state index is 0.00415. The number of benzene rings is 1. The SMILES string of the molecule is C=CC(=O)N1CC(N(C)C(=NC)c2cc(Cl)c(-c3ccccc3F)nc2N(C=O)c2c(C)ccnc2C(C)C)C1. The van der Waals surface area contributed by atoms with E-state index in [4.69, 9.17) is 16.6 Å². The summed E-state index contributed by atoms with van der Waals surface area (Å²) in [7, 11) is 3.51. The molecule has 0 aliphatic carbocycles. The third-order valence-electron chi connectivity index (χ3n) is 7.04. The van der Waals surface area contributed by atoms with E-state index in [-0.39, 0.29) is 40.0 Å². The van der Waals surface area contributed by atoms with Gasteiger partial charge in [-0.15, -0.1) is 0 Å². The van der Waals surface area contributed by atoms with Crippen LogP contribution < -0.4 is 4.90 Å². The van der Waals surface area contributed by atoms with Crippen molar-refractivity contribution in [3.63, 3.8) is 0 Å². The third-order valence-corrected chi connectivity index (χ3v) is 7.33. The number of amidine groups is 1. The van der Waals surface area contributed by atoms with E-state index in [1.807, 2.05) is 38.8 Å². The highest BCUT2D eigenvalue weighted by Crippen LogP contribution is 2.39. The molecule has 1 fully saturated rings. The minimum Gasteiger partial charge on any atom is -0.353 e. The van der Waals surface area contributed by atoms with Gasteiger partial charge in [0.1, 0.15) is 11.7 Å². The smallest absolute Gasteiger partial charge is 0.246 e. The number of nitrogens with zero attached hydrogens (tertiary/aromatic N) is 6. The summed E-state index contributed by atoms with van der Waals surface area (Å²) in [6.45, 7) is 10.4. The van der Waals surface area contributed by atoms with Gasteiger partial charge < -0.3 is 9.80 Å². The van der Waals surface area contributed by atoms with E-state index in [9.17, 15) is 14.0 Å². The number of likely N-dealkylation sites (tertiary alicyclic amines) is 1. The van der Waals surface area contributed by atoms with Gasteiger partial charge in [-0.25, -0.2) is 9.37 Å². The fourth-order valence-electron chi connectivity index (χ4n) is 4.84. The summed E-state index contributed by atoms with van der Waals surface area (Å²) in [5.74, 6) is 0.127. The van der Waals surface area contributed by atoms with Gasteiger partial charge in [0, 0.05) is 38.9 Å². The number of pyridine rings is 2. The van der Waals surface area contributed by atoms with Crippen molar-refractivity contribution in [3.05, 3.63) is 82.9 Å². The number of carbonyl (C=O) groups is 2. The largest absolute Gasteiger partial charge is 0.353 e. The lowest BCUT2D eigenvalue weighted by atomic mass is 10.0. The van der Waals surface area contributed by atoms with Crippen LogP contribution in [0.3, 0.4) is 0 Å². The van der Waals surface area contributed by atoms with Gasteiger partial charge in [0.15, 0.2) is 5.82 Å². The standard InChI is InChI=1S/C30H32ClFN6O2/c1-7-25(40)37-15-20(16-37)36(6)29(33-5)22-14-23(31)27(21-10-8-9-11-24(21)32)35-30(22)38(17-39)28-19(4)12-13-34-26(28)18(2)3/h7-14,17-18,20H,1,15-16H2,2-6H3. The number of anilines is 2. The predicted octanol–water partition coefficient (Wildman–Crippen LogP) is 5.37. The van der Waals surface area contributed by atoms with Gasteiger partial charge in [-0.05, 0) is 48.7 Å². The first-order valence-electron chi connectivity index (χ1n) is 12.9. The Kier molecular flexibility index (Phi) is 8.64. The Morgan fingerprint density at radius 3 is 2.58 bits per heavy atom. The third kappa shape index (κ3) is 5.34. The fraction of sp³-hybridized carbons (Fsp3) is 0.300. The van der Waals surface area contributed by atoms with Crippen molar-refractivity contribution in [2.24, 2.45) is 4.99 Å². The monoisotopic (exact) mass is 562 g/mol. The van der Waals surface area contributed by atoms with E-state index in [2.05, 4.69) is 16.6 Å². The van der Waals surface area contributed by atoms with Crippen molar-refractivity contribution < 1.29 is 14.0 Å². The second-order valence-corrected chi connectivity index (χ2v) is 10.3. The normalized spacial score (nSPS) is 13.7. The average Bonchev–Trinajstić information content (AvgIpc) is 2.90. The molecule has 0 atom stereocenters. The molecule has 1 aromatic carbocycles. The molecule has 4 rings (SSSR count). The molecule has 208 valence electrons. The number of rotatable bonds is 8. The number of hydrogen-bond donors (Lipinski definition) is 0. The van der Waals surface area contributed by atoms with Crippen LogP contribution in [0.25, 0.3) is 11.3 Å². The molecular formula is C30H32ClFN6O2. The number of carbonyl (C=O) groups excluding carboxylic acids is 2. The summed E-state index contributed by atoms with van der Waals surface area (Å²) in [6.07, 6.45) is 3.68. The van der Waals surface area contributed by atoms with Crippen molar-refractivity contribution >= 4 is 41.3 Å². The van der Waals surface area contributed by atoms with Crippen LogP contribution in [-0.2, 0) is 9.59 Å². The molecule has 1 saturated heterocycles. The summed E-state index contributed by atoms with van der Waals surface area (Å²) in [4.78, 5) is 43.9. The summed E-state index contributed by atoms with van der Waals surface area (Å²) in [5, 5.41) is 0.202. The molecule has 10 heteroatoms. The topological polar surface area (TPSA) is 82.0 Å². The number of aromatic nitrogens is 2. The van der Waals surface area contributed by atoms with Crippen molar-refractivity contribution in [3.8, 4) is 11.3 Å². The van der Waals surface area contributed by atoms with Crippen LogP contribution >= 0.6 is 11.6 Å². The highest BCUT2D eigenvalue weighted by Gasteiger charge is 2.35. The van der Waals surface area contributed by atoms with E-state index in [1.165, 1.54) is 17.0 Å². The van der Waals surface area contributed by atoms with Crippen molar-refractivity contribution in [2.75, 3.05) is 32.1 Å². The molecule has 0 unspecified atom stereocenters. The molecule has 3 aromatic rings. The second kappa shape index (κ2) is 12.0. The molecule has 1 aliphatic rings. The van der Waals surface area contributed by atoms with E-state index < -0.39 is 5.82 Å². The molecule has 0 N–H and O–H groups in total. The van der Waals surface area contributed by atoms with Crippen molar-refractivity contribution in [2.45, 2.75) is 32.7 Å². The van der Waals surface area contributed by atoms with Gasteiger partial charge in [0.05, 0.1) is 33.7 Å². The zero-order chi connectivity index (χ0) is 29.1. The lowest BCUT2D eigenvalue weighted by Gasteiger charge is -2.44. The molecule has 40 heavy (non-hydrogen) atoms. The molecule has 3 heterocycles. The molecule has 2 aromatic heterocycles. The molecule has 2 amide bonds. The molecule has 0 saturated carbocycles. The summed E-state index contributed by atoms with van der Waals surface area (Å²) in [5.41, 5.74) is 3.01. The molecule has 0 bridgehead atoms. The van der Waals surface area contributed by atoms with Crippen LogP contribution in [0.5, 0.6) is 0 Å². The Hall–Kier alpha value is -4.11. The maximum atomic E-state index is 14.9. The number of aliphatic imine (C=N–C) groups is 1. The first-order chi connectivity index (χ1) is 19.1. The zero-order valence-electron chi connectivity index (χ0n) is 23.2. The van der Waals surface area contributed by atoms with Gasteiger partial charge >= 0.3 is 0 Å². The lowest BCUT2D eigenvalue weighted by molar-refractivity contribution is -0.131. The molecule has 0 spiro atoms. The summed E-state index contributed by atoms with van der Waals surface area (Å²) < 4.78 is 14.9. The number of amides is 2. The van der Waals surface area contributed by atoms with Crippen LogP contribution in [0.1, 0.15) is 36.6 Å². The number of halogens is 2. The molecular weight excluding hydrogens is 531 g/mol. The van der Waals surface area contributed by atoms with Crippen molar-refractivity contribution in [1.82, 2.24) is 19.8 Å². The van der Waals surface area contributed by atoms with Crippen LogP contribution in [0, 0.1) is 12.7 Å². The van der Waals surface area contributed by atoms with Gasteiger partial charge in [-0.1, -0.05) is 44.2 Å². The number of hydrogen-bond acceptors (Lipinski definition) is 5. The van der Waals surface area contributed by atoms with Crippen molar-refractivity contribution in [1.29, 1.82) is 0 Å². The van der Waals surface area contributed by atoms with Crippen LogP contribution in [0.15, 0.2) is 60.2 Å². The van der Waals surface area contributed by atoms with Crippen LogP contribution in [0.2, 0.25) is 5.02 Å². The van der Waals surface area contributed by atoms with Gasteiger partial charge in [-0.2, -0.15) is 0 Å². The van der Waals surface area contributed by atoms with Gasteiger partial charge in [0.2, 0.25) is 12.3 Å². The lowest BCUT2D eigenvalue weighted by Crippen LogP contribution is -2.61. The van der Waals surface area contributed by atoms with E-state index in [0.717, 1.165) is 5.56 Å². The second-order valence-electron chi connectivity index (χ2n) is 9.92. The van der Waals surface area contributed by atoms with Crippen LogP contribution in [0.4, 0.5) is 15.9 Å². The maximum Gasteiger partial charge on any atom is 0.246 e. The first kappa shape index (κ1) is 28.9. The average molecular weight is 563 g/mol. The Morgan fingerprint density at radius 1 is 1.27 bits per heavy atom. The van der Waals surface area contributed by atoms with E-state index in [1.54, 1.807) is 42.4 Å². The molecule has 0 radical (unpaired) electrons. The van der Waals surface area contributed by atoms with Crippen LogP contribution in [-0.4, -0.2) is 71.1 Å². The first-order valence-corrected chi connectivity index (χ1v) is 13.3. The maximum absolute atomic E-state index is 14.9. The highest BCUT2D eigenvalue weighted by molar-refractivity contribution is 6.33. The molecule has 8 nitrogen and oxygen atoms in total. The fourth-order valence-corrected chi connectivity index (χ4v) is 5.09. The number of aryl methyl sites for hydroxylation is 1. The zero-order valence-corrected chi connectivity index (χ0v) is 24.0. The highest BCUT2D eigenvalue weighted by atomic mass is 35.5. The Labute approximate surface area is 238 Å². The van der Waals surface area contributed by atoms with E-state index >= 15 is 0 Å². The quantitative estimate of drug-likeness (QED) is 0.160. The van der Waals surface area contributed by atoms with Gasteiger partial charge in [0.25, 0.3) is 0 Å². The summed E-state index contributed by atoms with van der Waals surface area (Å²) in [6, 6.07) is 9.66. The Balaban J connectivity index is 1.92. The Bertz CT molecular complexity index is 1490. The predicted molar refractivity (Wildman–Crippen MR) is 157 cm³/mol. The molecule has 1 aliphatic heterocycles. The van der Waals surface area contributed by atoms with Gasteiger partial charge in [-0.3, -0.25) is 24.5 Å². The van der Waals surface area contributed by atoms with E-state index in [0.29, 0.717) is 42.3 Å². The minimum atomic E-state index is -0.489. The number of likely N-dealkylation sites (N-methyl/N-ethyl adjacent to an activating group) is 1. The summed E-state index contributed by atoms with van der Waals surface area (Å²) >= 11 is 6.75. The Morgan fingerprint density at radius 2 is 1.98 bits per heavy atom.